The summed E-state index contributed by atoms with van der Waals surface area (Å²) in [6.45, 7) is 1.50. The normalized spacial score (nSPS) is 11.4. The number of aromatic nitrogens is 2. The highest BCUT2D eigenvalue weighted by molar-refractivity contribution is 5.94. The van der Waals surface area contributed by atoms with Gasteiger partial charge in [-0.3, -0.25) is 9.20 Å². The quantitative estimate of drug-likeness (QED) is 0.419. The van der Waals surface area contributed by atoms with E-state index in [1.807, 2.05) is 0 Å². The number of rotatable bonds is 4. The highest BCUT2D eigenvalue weighted by atomic mass is 16.3. The number of ketones is 1. The summed E-state index contributed by atoms with van der Waals surface area (Å²) in [5.41, 5.74) is 1.91. The van der Waals surface area contributed by atoms with Crippen LogP contribution in [0.15, 0.2) is 75.6 Å². The van der Waals surface area contributed by atoms with Crippen molar-refractivity contribution in [1.29, 1.82) is 0 Å². The molecule has 0 atom stereocenters. The lowest BCUT2D eigenvalue weighted by Gasteiger charge is -1.99. The predicted octanol–water partition coefficient (Wildman–Crippen LogP) is 4.92. The Morgan fingerprint density at radius 3 is 2.81 bits per heavy atom. The molecule has 0 radical (unpaired) electrons. The zero-order valence-corrected chi connectivity index (χ0v) is 13.8. The lowest BCUT2D eigenvalue weighted by molar-refractivity contribution is 0.101. The molecule has 7 heteroatoms. The third-order valence-electron chi connectivity index (χ3n) is 3.87. The molecule has 0 bridgehead atoms. The van der Waals surface area contributed by atoms with E-state index in [0.717, 1.165) is 0 Å². The van der Waals surface area contributed by atoms with Crippen LogP contribution in [-0.4, -0.2) is 20.3 Å². The standard InChI is InChI=1S/C19H14N4O3/c1-12(24)13-5-2-6-14(11-13)21-22-19-17(16-8-4-10-26-16)20-18-15(25)7-3-9-23(18)19/h2-11,25H,1H3. The van der Waals surface area contributed by atoms with Gasteiger partial charge in [-0.2, -0.15) is 0 Å². The average molecular weight is 346 g/mol. The first-order valence-corrected chi connectivity index (χ1v) is 7.90. The van der Waals surface area contributed by atoms with Crippen molar-refractivity contribution < 1.29 is 14.3 Å². The fourth-order valence-corrected chi connectivity index (χ4v) is 2.61. The van der Waals surface area contributed by atoms with Gasteiger partial charge in [-0.05, 0) is 43.3 Å². The van der Waals surface area contributed by atoms with Crippen LogP contribution in [-0.2, 0) is 0 Å². The largest absolute Gasteiger partial charge is 0.504 e. The van der Waals surface area contributed by atoms with Gasteiger partial charge in [0.15, 0.2) is 34.5 Å². The molecule has 0 aliphatic rings. The Balaban J connectivity index is 1.85. The number of carbonyl (C=O) groups is 1. The summed E-state index contributed by atoms with van der Waals surface area (Å²) in [4.78, 5) is 15.9. The first kappa shape index (κ1) is 15.8. The van der Waals surface area contributed by atoms with Crippen molar-refractivity contribution in [2.75, 3.05) is 0 Å². The maximum atomic E-state index is 11.5. The molecule has 1 N–H and O–H groups in total. The van der Waals surface area contributed by atoms with E-state index in [-0.39, 0.29) is 11.5 Å². The molecule has 0 unspecified atom stereocenters. The van der Waals surface area contributed by atoms with Crippen molar-refractivity contribution in [3.63, 3.8) is 0 Å². The van der Waals surface area contributed by atoms with Crippen LogP contribution in [0.1, 0.15) is 17.3 Å². The molecule has 4 aromatic rings. The Labute approximate surface area is 148 Å². The molecule has 0 aliphatic carbocycles. The predicted molar refractivity (Wildman–Crippen MR) is 95.2 cm³/mol. The summed E-state index contributed by atoms with van der Waals surface area (Å²) in [5.74, 6) is 0.914. The number of imidazole rings is 1. The summed E-state index contributed by atoms with van der Waals surface area (Å²) in [5, 5.41) is 18.6. The van der Waals surface area contributed by atoms with Crippen LogP contribution >= 0.6 is 0 Å². The van der Waals surface area contributed by atoms with Gasteiger partial charge in [-0.25, -0.2) is 4.98 Å². The molecule has 0 saturated carbocycles. The van der Waals surface area contributed by atoms with E-state index in [9.17, 15) is 9.90 Å². The molecule has 0 fully saturated rings. The van der Waals surface area contributed by atoms with Crippen LogP contribution in [0, 0.1) is 0 Å². The highest BCUT2D eigenvalue weighted by Gasteiger charge is 2.18. The lowest BCUT2D eigenvalue weighted by Crippen LogP contribution is -1.89. The van der Waals surface area contributed by atoms with Gasteiger partial charge in [0.25, 0.3) is 0 Å². The monoisotopic (exact) mass is 346 g/mol. The maximum absolute atomic E-state index is 11.5. The Kier molecular flexibility index (Phi) is 3.81. The number of fused-ring (bicyclic) bond motifs is 1. The van der Waals surface area contributed by atoms with Gasteiger partial charge in [0.1, 0.15) is 0 Å². The molecule has 0 amide bonds. The summed E-state index contributed by atoms with van der Waals surface area (Å²) < 4.78 is 7.06. The van der Waals surface area contributed by atoms with E-state index < -0.39 is 0 Å². The molecule has 1 aromatic carbocycles. The van der Waals surface area contributed by atoms with Crippen molar-refractivity contribution >= 4 is 22.9 Å². The number of hydrogen-bond donors (Lipinski definition) is 1. The summed E-state index contributed by atoms with van der Waals surface area (Å²) in [6, 6.07) is 13.6. The van der Waals surface area contributed by atoms with Gasteiger partial charge in [0.05, 0.1) is 12.0 Å². The molecule has 26 heavy (non-hydrogen) atoms. The minimum Gasteiger partial charge on any atom is -0.504 e. The number of hydrogen-bond acceptors (Lipinski definition) is 6. The van der Waals surface area contributed by atoms with Crippen molar-refractivity contribution in [1.82, 2.24) is 9.38 Å². The van der Waals surface area contributed by atoms with Crippen LogP contribution < -0.4 is 0 Å². The molecule has 0 aliphatic heterocycles. The Hall–Kier alpha value is -3.74. The third kappa shape index (κ3) is 2.75. The second kappa shape index (κ2) is 6.29. The average Bonchev–Trinajstić information content (AvgIpc) is 3.28. The van der Waals surface area contributed by atoms with Crippen molar-refractivity contribution in [3.05, 3.63) is 66.6 Å². The molecule has 3 heterocycles. The van der Waals surface area contributed by atoms with Gasteiger partial charge in [-0.15, -0.1) is 10.2 Å². The first-order chi connectivity index (χ1) is 12.6. The second-order valence-corrected chi connectivity index (χ2v) is 5.65. The number of pyridine rings is 1. The molecule has 0 spiro atoms. The fraction of sp³-hybridized carbons (Fsp3) is 0.0526. The van der Waals surface area contributed by atoms with Gasteiger partial charge >= 0.3 is 0 Å². The number of nitrogens with zero attached hydrogens (tertiary/aromatic N) is 4. The Bertz CT molecular complexity index is 1130. The molecule has 4 rings (SSSR count). The lowest BCUT2D eigenvalue weighted by atomic mass is 10.1. The fourth-order valence-electron chi connectivity index (χ4n) is 2.61. The molecule has 3 aromatic heterocycles. The van der Waals surface area contributed by atoms with Crippen LogP contribution in [0.2, 0.25) is 0 Å². The smallest absolute Gasteiger partial charge is 0.190 e. The van der Waals surface area contributed by atoms with E-state index in [2.05, 4.69) is 15.2 Å². The third-order valence-corrected chi connectivity index (χ3v) is 3.87. The highest BCUT2D eigenvalue weighted by Crippen LogP contribution is 2.34. The number of azo groups is 1. The van der Waals surface area contributed by atoms with E-state index >= 15 is 0 Å². The zero-order chi connectivity index (χ0) is 18.1. The number of carbonyl (C=O) groups excluding carboxylic acids is 1. The molecule has 0 saturated heterocycles. The summed E-state index contributed by atoms with van der Waals surface area (Å²) >= 11 is 0. The van der Waals surface area contributed by atoms with Gasteiger partial charge in [0, 0.05) is 11.8 Å². The van der Waals surface area contributed by atoms with Crippen LogP contribution in [0.25, 0.3) is 17.1 Å². The molecular weight excluding hydrogens is 332 g/mol. The zero-order valence-electron chi connectivity index (χ0n) is 13.8. The van der Waals surface area contributed by atoms with E-state index in [4.69, 9.17) is 4.42 Å². The van der Waals surface area contributed by atoms with Crippen LogP contribution in [0.4, 0.5) is 11.5 Å². The number of Topliss-reactive ketones (excluding diaryl/α,β-unsaturated/α-hetero) is 1. The van der Waals surface area contributed by atoms with E-state index in [1.54, 1.807) is 59.1 Å². The van der Waals surface area contributed by atoms with Gasteiger partial charge in [0.2, 0.25) is 0 Å². The minimum atomic E-state index is -0.0435. The van der Waals surface area contributed by atoms with Crippen molar-refractivity contribution in [2.24, 2.45) is 10.2 Å². The first-order valence-electron chi connectivity index (χ1n) is 7.90. The topological polar surface area (TPSA) is 92.5 Å². The molecule has 7 nitrogen and oxygen atoms in total. The van der Waals surface area contributed by atoms with Gasteiger partial charge < -0.3 is 9.52 Å². The SMILES string of the molecule is CC(=O)c1cccc(N=Nc2c(-c3ccco3)nc3c(O)cccn23)c1. The van der Waals surface area contributed by atoms with Gasteiger partial charge in [-0.1, -0.05) is 12.1 Å². The Morgan fingerprint density at radius 2 is 2.04 bits per heavy atom. The number of furan rings is 1. The number of benzene rings is 1. The van der Waals surface area contributed by atoms with E-state index in [1.165, 1.54) is 13.2 Å². The van der Waals surface area contributed by atoms with Crippen LogP contribution in [0.5, 0.6) is 5.75 Å². The maximum Gasteiger partial charge on any atom is 0.190 e. The van der Waals surface area contributed by atoms with Crippen molar-refractivity contribution in [3.8, 4) is 17.2 Å². The number of aromatic hydroxyl groups is 1. The summed E-state index contributed by atoms with van der Waals surface area (Å²) in [7, 11) is 0. The molecule has 128 valence electrons. The minimum absolute atomic E-state index is 0.0281. The Morgan fingerprint density at radius 1 is 1.15 bits per heavy atom. The van der Waals surface area contributed by atoms with E-state index in [0.29, 0.717) is 34.2 Å². The van der Waals surface area contributed by atoms with Crippen LogP contribution in [0.3, 0.4) is 0 Å². The molecular formula is C19H14N4O3. The second-order valence-electron chi connectivity index (χ2n) is 5.65. The summed E-state index contributed by atoms with van der Waals surface area (Å²) in [6.07, 6.45) is 3.27. The van der Waals surface area contributed by atoms with Crippen molar-refractivity contribution in [2.45, 2.75) is 6.92 Å².